The van der Waals surface area contributed by atoms with Crippen LogP contribution in [0, 0.1) is 0 Å². The minimum Gasteiger partial charge on any atom is -1.00 e. The van der Waals surface area contributed by atoms with Crippen molar-refractivity contribution in [1.29, 1.82) is 0 Å². The van der Waals surface area contributed by atoms with Gasteiger partial charge in [0.05, 0.1) is 6.42 Å². The van der Waals surface area contributed by atoms with Crippen LogP contribution < -0.4 is 34.5 Å². The maximum absolute atomic E-state index is 14.1. The Bertz CT molecular complexity index is 1750. The van der Waals surface area contributed by atoms with Crippen LogP contribution in [0.5, 0.6) is 0 Å². The second-order valence-corrected chi connectivity index (χ2v) is 12.4. The number of nitrogens with zero attached hydrogens (tertiary/aromatic N) is 1. The number of rotatable bonds is 18. The van der Waals surface area contributed by atoms with Crippen LogP contribution in [0.1, 0.15) is 49.3 Å². The van der Waals surface area contributed by atoms with Crippen molar-refractivity contribution in [2.24, 2.45) is 5.73 Å². The molecule has 13 heteroatoms. The molecule has 4 atom stereocenters. The quantitative estimate of drug-likeness (QED) is 0.0835. The number of nitrogens with one attached hydrogen (secondary N) is 3. The normalized spacial score (nSPS) is 13.2. The molecule has 0 aliphatic rings. The smallest absolute Gasteiger partial charge is 0.308 e. The van der Waals surface area contributed by atoms with Gasteiger partial charge in [0.1, 0.15) is 24.7 Å². The zero-order chi connectivity index (χ0) is 36.0. The Kier molecular flexibility index (Phi) is 15.7. The number of aromatic nitrogens is 1. The summed E-state index contributed by atoms with van der Waals surface area (Å²) in [6.45, 7) is 1.93. The van der Waals surface area contributed by atoms with Gasteiger partial charge in [-0.1, -0.05) is 98.6 Å². The first-order chi connectivity index (χ1) is 24.1. The SMILES string of the molecule is CCCC[C@H](NC(=O)[C@@H]([NH3+])Cc1c[nH]c2ccccc12)C(=O)N(C)[C@@H](CC(=O)OCc1ccccc1)C(=O)N[C@@H](Cc1ccccc1)C(N)=O.[Cl-]. The molecule has 51 heavy (non-hydrogen) atoms. The minimum absolute atomic E-state index is 0. The van der Waals surface area contributed by atoms with Crippen LogP contribution >= 0.6 is 0 Å². The Morgan fingerprint density at radius 2 is 1.45 bits per heavy atom. The molecular formula is C38H47ClN6O6. The van der Waals surface area contributed by atoms with Crippen LogP contribution in [0.4, 0.5) is 0 Å². The minimum atomic E-state index is -1.37. The van der Waals surface area contributed by atoms with E-state index in [2.05, 4.69) is 21.4 Å². The molecule has 1 heterocycles. The molecule has 0 bridgehead atoms. The van der Waals surface area contributed by atoms with E-state index in [1.807, 2.05) is 61.7 Å². The topological polar surface area (TPSA) is 191 Å². The van der Waals surface area contributed by atoms with E-state index in [-0.39, 0.29) is 25.4 Å². The van der Waals surface area contributed by atoms with Crippen LogP contribution in [-0.4, -0.2) is 70.7 Å². The van der Waals surface area contributed by atoms with E-state index in [1.54, 1.807) is 36.4 Å². The van der Waals surface area contributed by atoms with E-state index in [0.717, 1.165) is 38.9 Å². The van der Waals surface area contributed by atoms with Gasteiger partial charge in [-0.25, -0.2) is 0 Å². The van der Waals surface area contributed by atoms with Gasteiger partial charge in [-0.15, -0.1) is 0 Å². The third-order valence-electron chi connectivity index (χ3n) is 8.64. The number of unbranched alkanes of at least 4 members (excludes halogenated alkanes) is 1. The number of ether oxygens (including phenoxy) is 1. The van der Waals surface area contributed by atoms with E-state index in [4.69, 9.17) is 10.5 Å². The molecule has 0 saturated carbocycles. The lowest BCUT2D eigenvalue weighted by Crippen LogP contribution is -3.00. The standard InChI is InChI=1S/C38H46N6O6.ClH/c1-3-4-18-31(42-36(47)29(39)21-27-23-41-30-19-12-11-17-28(27)30)38(49)44(2)33(22-34(45)50-24-26-15-9-6-10-16-26)37(48)43-32(35(40)46)20-25-13-7-5-8-14-25;/h5-17,19,23,29,31-33,41H,3-4,18,20-22,24,39H2,1-2H3,(H2,40,46)(H,42,47)(H,43,48);1H/t29-,31-,32-,33-;/m0./s1. The summed E-state index contributed by atoms with van der Waals surface area (Å²) in [5.74, 6) is -3.24. The van der Waals surface area contributed by atoms with Crippen molar-refractivity contribution in [3.63, 3.8) is 0 Å². The first-order valence-corrected chi connectivity index (χ1v) is 16.9. The molecule has 0 saturated heterocycles. The predicted octanol–water partition coefficient (Wildman–Crippen LogP) is -0.827. The number of hydrogen-bond acceptors (Lipinski definition) is 6. The van der Waals surface area contributed by atoms with Crippen LogP contribution in [0.2, 0.25) is 0 Å². The van der Waals surface area contributed by atoms with E-state index in [1.165, 1.54) is 7.05 Å². The van der Waals surface area contributed by atoms with Crippen molar-refractivity contribution in [3.8, 4) is 0 Å². The van der Waals surface area contributed by atoms with Crippen molar-refractivity contribution in [2.45, 2.75) is 76.2 Å². The number of nitrogens with two attached hydrogens (primary N) is 1. The third kappa shape index (κ3) is 11.7. The molecule has 272 valence electrons. The second-order valence-electron chi connectivity index (χ2n) is 12.4. The monoisotopic (exact) mass is 718 g/mol. The molecule has 0 spiro atoms. The number of benzene rings is 3. The van der Waals surface area contributed by atoms with E-state index < -0.39 is 60.2 Å². The molecule has 0 aliphatic carbocycles. The fourth-order valence-electron chi connectivity index (χ4n) is 5.71. The van der Waals surface area contributed by atoms with Crippen molar-refractivity contribution < 1.29 is 46.9 Å². The highest BCUT2D eigenvalue weighted by atomic mass is 35.5. The van der Waals surface area contributed by atoms with Gasteiger partial charge in [-0.3, -0.25) is 24.0 Å². The summed E-state index contributed by atoms with van der Waals surface area (Å²) in [6.07, 6.45) is 3.48. The Morgan fingerprint density at radius 1 is 0.843 bits per heavy atom. The number of H-pyrrole nitrogens is 1. The Balaban J connectivity index is 0.00000702. The Labute approximate surface area is 304 Å². The number of carbonyl (C=O) groups is 5. The summed E-state index contributed by atoms with van der Waals surface area (Å²) < 4.78 is 5.46. The van der Waals surface area contributed by atoms with Crippen molar-refractivity contribution in [1.82, 2.24) is 20.5 Å². The van der Waals surface area contributed by atoms with Gasteiger partial charge in [0.2, 0.25) is 17.7 Å². The van der Waals surface area contributed by atoms with E-state index >= 15 is 0 Å². The van der Waals surface area contributed by atoms with Crippen LogP contribution in [-0.2, 0) is 48.2 Å². The fraction of sp³-hybridized carbons (Fsp3) is 0.342. The van der Waals surface area contributed by atoms with Gasteiger partial charge in [-0.05, 0) is 29.2 Å². The summed E-state index contributed by atoms with van der Waals surface area (Å²) in [5, 5.41) is 6.49. The average molecular weight is 719 g/mol. The van der Waals surface area contributed by atoms with Gasteiger partial charge in [0.25, 0.3) is 5.91 Å². The fourth-order valence-corrected chi connectivity index (χ4v) is 5.71. The lowest BCUT2D eigenvalue weighted by Gasteiger charge is -2.31. The zero-order valence-electron chi connectivity index (χ0n) is 29.0. The number of aromatic amines is 1. The number of primary amides is 1. The van der Waals surface area contributed by atoms with E-state index in [0.29, 0.717) is 19.3 Å². The molecule has 12 nitrogen and oxygen atoms in total. The maximum atomic E-state index is 14.1. The summed E-state index contributed by atoms with van der Waals surface area (Å²) in [5.41, 5.74) is 13.1. The van der Waals surface area contributed by atoms with Crippen molar-refractivity contribution in [3.05, 3.63) is 108 Å². The summed E-state index contributed by atoms with van der Waals surface area (Å²) >= 11 is 0. The predicted molar refractivity (Wildman–Crippen MR) is 189 cm³/mol. The summed E-state index contributed by atoms with van der Waals surface area (Å²) in [6, 6.07) is 21.6. The highest BCUT2D eigenvalue weighted by Crippen LogP contribution is 2.19. The van der Waals surface area contributed by atoms with Gasteiger partial charge in [0.15, 0.2) is 6.04 Å². The summed E-state index contributed by atoms with van der Waals surface area (Å²) in [7, 11) is 1.40. The Morgan fingerprint density at radius 3 is 2.10 bits per heavy atom. The molecule has 3 aromatic carbocycles. The van der Waals surface area contributed by atoms with Crippen molar-refractivity contribution in [2.75, 3.05) is 7.05 Å². The number of amides is 4. The highest BCUT2D eigenvalue weighted by molar-refractivity contribution is 5.96. The molecule has 8 N–H and O–H groups in total. The lowest BCUT2D eigenvalue weighted by molar-refractivity contribution is -0.403. The number of para-hydroxylation sites is 1. The number of fused-ring (bicyclic) bond motifs is 1. The number of carbonyl (C=O) groups excluding carboxylic acids is 5. The molecule has 4 rings (SSSR count). The molecule has 0 radical (unpaired) electrons. The first-order valence-electron chi connectivity index (χ1n) is 16.9. The number of esters is 1. The van der Waals surface area contributed by atoms with Crippen LogP contribution in [0.15, 0.2) is 91.1 Å². The molecule has 0 unspecified atom stereocenters. The zero-order valence-corrected chi connectivity index (χ0v) is 29.7. The average Bonchev–Trinajstić information content (AvgIpc) is 3.53. The number of hydrogen-bond donors (Lipinski definition) is 5. The number of quaternary nitrogens is 1. The van der Waals surface area contributed by atoms with Gasteiger partial charge in [-0.2, -0.15) is 0 Å². The van der Waals surface area contributed by atoms with Gasteiger partial charge < -0.3 is 49.1 Å². The molecule has 0 aliphatic heterocycles. The lowest BCUT2D eigenvalue weighted by atomic mass is 10.0. The first kappa shape index (κ1) is 40.2. The molecule has 1 aromatic heterocycles. The van der Waals surface area contributed by atoms with Crippen molar-refractivity contribution >= 4 is 40.5 Å². The van der Waals surface area contributed by atoms with Crippen LogP contribution in [0.25, 0.3) is 10.9 Å². The highest BCUT2D eigenvalue weighted by Gasteiger charge is 2.36. The third-order valence-corrected chi connectivity index (χ3v) is 8.64. The maximum Gasteiger partial charge on any atom is 0.308 e. The number of halogens is 1. The second kappa shape index (κ2) is 19.9. The van der Waals surface area contributed by atoms with Gasteiger partial charge in [0, 0.05) is 37.0 Å². The summed E-state index contributed by atoms with van der Waals surface area (Å²) in [4.78, 5) is 71.2. The molecule has 0 fully saturated rings. The molecule has 4 amide bonds. The number of likely N-dealkylation sites (N-methyl/N-ethyl adjacent to an activating group) is 1. The Hall–Kier alpha value is -5.20. The molecular weight excluding hydrogens is 672 g/mol. The largest absolute Gasteiger partial charge is 1.00 e. The van der Waals surface area contributed by atoms with Crippen LogP contribution in [0.3, 0.4) is 0 Å². The van der Waals surface area contributed by atoms with Gasteiger partial charge >= 0.3 is 5.97 Å². The van der Waals surface area contributed by atoms with E-state index in [9.17, 15) is 24.0 Å². The molecule has 4 aromatic rings.